The van der Waals surface area contributed by atoms with Crippen LogP contribution in [0.3, 0.4) is 0 Å². The zero-order valence-electron chi connectivity index (χ0n) is 23.2. The maximum Gasteiger partial charge on any atom is 0.306 e. The molecule has 3 fully saturated rings. The van der Waals surface area contributed by atoms with Crippen LogP contribution in [0, 0.1) is 17.3 Å². The number of esters is 1. The number of hydrogen-bond acceptors (Lipinski definition) is 5. The van der Waals surface area contributed by atoms with Gasteiger partial charge in [0.15, 0.2) is 17.2 Å². The van der Waals surface area contributed by atoms with Gasteiger partial charge in [0.25, 0.3) is 0 Å². The number of nitrogens with zero attached hydrogens (tertiary/aromatic N) is 1. The third-order valence-electron chi connectivity index (χ3n) is 10.8. The molecule has 5 aliphatic rings. The molecule has 0 aromatic heterocycles. The van der Waals surface area contributed by atoms with Crippen LogP contribution in [0.25, 0.3) is 0 Å². The number of allylic oxidation sites excluding steroid dienone is 4. The fraction of sp³-hybridized carbons (Fsp3) is 0.606. The van der Waals surface area contributed by atoms with Crippen molar-refractivity contribution >= 4 is 23.2 Å². The Labute approximate surface area is 226 Å². The molecule has 0 radical (unpaired) electrons. The molecule has 4 aliphatic carbocycles. The average molecular weight is 516 g/mol. The van der Waals surface area contributed by atoms with Crippen molar-refractivity contribution in [1.29, 1.82) is 0 Å². The molecule has 0 N–H and O–H groups in total. The van der Waals surface area contributed by atoms with E-state index in [0.29, 0.717) is 18.8 Å². The molecule has 1 aromatic carbocycles. The summed E-state index contributed by atoms with van der Waals surface area (Å²) in [6.07, 6.45) is 10.3. The van der Waals surface area contributed by atoms with Crippen molar-refractivity contribution in [3.8, 4) is 0 Å². The van der Waals surface area contributed by atoms with E-state index in [-0.39, 0.29) is 35.8 Å². The van der Waals surface area contributed by atoms with Crippen molar-refractivity contribution < 1.29 is 19.1 Å². The summed E-state index contributed by atoms with van der Waals surface area (Å²) in [7, 11) is 0. The number of carbonyl (C=O) groups is 3. The molecule has 0 spiro atoms. The van der Waals surface area contributed by atoms with E-state index in [1.54, 1.807) is 13.8 Å². The topological polar surface area (TPSA) is 63.7 Å². The largest absolute Gasteiger partial charge is 0.450 e. The van der Waals surface area contributed by atoms with Crippen LogP contribution in [0.15, 0.2) is 47.1 Å². The first-order chi connectivity index (χ1) is 18.3. The Hall–Kier alpha value is -2.69. The standard InChI is InChI=1S/C33H41NO4/c1-4-30(37)38-33(21(2)35)16-15-29-27-13-9-23-19-25(36)12-14-26(23)31(27)28(20-32(29,33)3)22-7-10-24(11-8-22)34-17-5-6-18-34/h7-8,10-11,19,27-29H,4-6,9,12-18,20H2,1-3H3/t27-,28+,29-,32-,33-/m0/s1. The minimum Gasteiger partial charge on any atom is -0.450 e. The number of anilines is 1. The number of carbonyl (C=O) groups excluding carboxylic acids is 3. The molecule has 38 heavy (non-hydrogen) atoms. The summed E-state index contributed by atoms with van der Waals surface area (Å²) >= 11 is 0. The van der Waals surface area contributed by atoms with E-state index in [2.05, 4.69) is 36.1 Å². The van der Waals surface area contributed by atoms with Crippen molar-refractivity contribution in [2.24, 2.45) is 17.3 Å². The van der Waals surface area contributed by atoms with Gasteiger partial charge in [0.1, 0.15) is 0 Å². The summed E-state index contributed by atoms with van der Waals surface area (Å²) in [5, 5.41) is 0. The van der Waals surface area contributed by atoms with Gasteiger partial charge in [-0.3, -0.25) is 14.4 Å². The first kappa shape index (κ1) is 25.6. The van der Waals surface area contributed by atoms with E-state index in [4.69, 9.17) is 4.74 Å². The smallest absolute Gasteiger partial charge is 0.306 e. The maximum atomic E-state index is 13.4. The number of rotatable bonds is 5. The van der Waals surface area contributed by atoms with Gasteiger partial charge in [-0.1, -0.05) is 31.6 Å². The Morgan fingerprint density at radius 2 is 1.79 bits per heavy atom. The van der Waals surface area contributed by atoms with Crippen LogP contribution in [-0.2, 0) is 19.1 Å². The van der Waals surface area contributed by atoms with E-state index in [1.807, 2.05) is 6.08 Å². The number of benzene rings is 1. The van der Waals surface area contributed by atoms with E-state index in [0.717, 1.165) is 45.2 Å². The van der Waals surface area contributed by atoms with Crippen molar-refractivity contribution in [3.63, 3.8) is 0 Å². The summed E-state index contributed by atoms with van der Waals surface area (Å²) in [4.78, 5) is 40.9. The highest BCUT2D eigenvalue weighted by Crippen LogP contribution is 2.67. The second-order valence-electron chi connectivity index (χ2n) is 12.5. The fourth-order valence-electron chi connectivity index (χ4n) is 8.92. The van der Waals surface area contributed by atoms with Crippen LogP contribution < -0.4 is 4.90 Å². The van der Waals surface area contributed by atoms with E-state index in [1.165, 1.54) is 40.8 Å². The van der Waals surface area contributed by atoms with Crippen molar-refractivity contribution in [2.75, 3.05) is 18.0 Å². The molecule has 2 saturated carbocycles. The summed E-state index contributed by atoms with van der Waals surface area (Å²) in [6, 6.07) is 9.12. The number of ketones is 2. The highest BCUT2D eigenvalue weighted by molar-refractivity contribution is 5.93. The lowest BCUT2D eigenvalue weighted by Gasteiger charge is -2.55. The minimum atomic E-state index is -1.06. The van der Waals surface area contributed by atoms with Gasteiger partial charge in [0.2, 0.25) is 0 Å². The molecule has 1 aliphatic heterocycles. The second kappa shape index (κ2) is 9.50. The molecule has 0 bridgehead atoms. The van der Waals surface area contributed by atoms with Crippen molar-refractivity contribution in [1.82, 2.24) is 0 Å². The van der Waals surface area contributed by atoms with Gasteiger partial charge in [-0.25, -0.2) is 0 Å². The lowest BCUT2D eigenvalue weighted by Crippen LogP contribution is -2.57. The fourth-order valence-corrected chi connectivity index (χ4v) is 8.92. The molecule has 0 amide bonds. The summed E-state index contributed by atoms with van der Waals surface area (Å²) in [5.41, 5.74) is 5.22. The predicted octanol–water partition coefficient (Wildman–Crippen LogP) is 6.47. The molecule has 0 unspecified atom stereocenters. The Morgan fingerprint density at radius 1 is 1.05 bits per heavy atom. The SMILES string of the molecule is CCC(=O)O[C@]1(C(C)=O)CC[C@H]2[C@@H]3CCC4=CC(=O)CCC4=C3[C@@H](c3ccc(N4CCCC4)cc3)C[C@@]21C. The quantitative estimate of drug-likeness (QED) is 0.421. The van der Waals surface area contributed by atoms with Crippen LogP contribution in [0.1, 0.15) is 96.5 Å². The Morgan fingerprint density at radius 3 is 2.47 bits per heavy atom. The van der Waals surface area contributed by atoms with Crippen molar-refractivity contribution in [3.05, 3.63) is 52.6 Å². The Kier molecular flexibility index (Phi) is 6.39. The molecule has 5 atom stereocenters. The zero-order valence-corrected chi connectivity index (χ0v) is 23.2. The van der Waals surface area contributed by atoms with Crippen molar-refractivity contribution in [2.45, 2.75) is 96.5 Å². The number of fused-ring (bicyclic) bond motifs is 4. The normalized spacial score (nSPS) is 34.4. The number of hydrogen-bond donors (Lipinski definition) is 0. The molecule has 1 aromatic rings. The average Bonchev–Trinajstić information content (AvgIpc) is 3.55. The number of Topliss-reactive ketones (excluding diaryl/α,β-unsaturated/α-hetero) is 1. The van der Waals surface area contributed by atoms with Gasteiger partial charge in [0, 0.05) is 43.0 Å². The Bertz CT molecular complexity index is 1220. The zero-order chi connectivity index (χ0) is 26.7. The first-order valence-corrected chi connectivity index (χ1v) is 14.8. The van der Waals surface area contributed by atoms with Crippen LogP contribution in [0.5, 0.6) is 0 Å². The molecular weight excluding hydrogens is 474 g/mol. The molecule has 5 nitrogen and oxygen atoms in total. The van der Waals surface area contributed by atoms with E-state index >= 15 is 0 Å². The van der Waals surface area contributed by atoms with Gasteiger partial charge in [0.05, 0.1) is 0 Å². The molecule has 202 valence electrons. The highest BCUT2D eigenvalue weighted by atomic mass is 16.6. The highest BCUT2D eigenvalue weighted by Gasteiger charge is 2.67. The third-order valence-corrected chi connectivity index (χ3v) is 10.8. The molecule has 5 heteroatoms. The third kappa shape index (κ3) is 3.83. The van der Waals surface area contributed by atoms with E-state index < -0.39 is 11.0 Å². The minimum absolute atomic E-state index is 0.0109. The van der Waals surface area contributed by atoms with Crippen LogP contribution >= 0.6 is 0 Å². The maximum absolute atomic E-state index is 13.4. The lowest BCUT2D eigenvalue weighted by molar-refractivity contribution is -0.184. The molecule has 1 saturated heterocycles. The molecular formula is C33H41NO4. The van der Waals surface area contributed by atoms with Gasteiger partial charge in [-0.05, 0) is 105 Å². The summed E-state index contributed by atoms with van der Waals surface area (Å²) < 4.78 is 6.19. The Balaban J connectivity index is 1.47. The molecule has 6 rings (SSSR count). The van der Waals surface area contributed by atoms with Crippen LogP contribution in [-0.4, -0.2) is 36.2 Å². The summed E-state index contributed by atoms with van der Waals surface area (Å²) in [5.74, 6) is 0.744. The summed E-state index contributed by atoms with van der Waals surface area (Å²) in [6.45, 7) is 7.90. The van der Waals surface area contributed by atoms with Gasteiger partial charge in [-0.2, -0.15) is 0 Å². The predicted molar refractivity (Wildman–Crippen MR) is 148 cm³/mol. The first-order valence-electron chi connectivity index (χ1n) is 14.8. The second-order valence-corrected chi connectivity index (χ2v) is 12.5. The van der Waals surface area contributed by atoms with E-state index in [9.17, 15) is 14.4 Å². The lowest BCUT2D eigenvalue weighted by atomic mass is 9.50. The number of ether oxygens (including phenoxy) is 1. The van der Waals surface area contributed by atoms with Crippen LogP contribution in [0.4, 0.5) is 5.69 Å². The van der Waals surface area contributed by atoms with Gasteiger partial charge in [-0.15, -0.1) is 0 Å². The van der Waals surface area contributed by atoms with Gasteiger partial charge < -0.3 is 9.64 Å². The molecule has 1 heterocycles. The van der Waals surface area contributed by atoms with Gasteiger partial charge >= 0.3 is 5.97 Å². The monoisotopic (exact) mass is 515 g/mol. The van der Waals surface area contributed by atoms with Crippen LogP contribution in [0.2, 0.25) is 0 Å².